The topological polar surface area (TPSA) is 25.4 Å². The summed E-state index contributed by atoms with van der Waals surface area (Å²) in [6.07, 6.45) is 4.38. The van der Waals surface area contributed by atoms with Gasteiger partial charge in [0.05, 0.1) is 0 Å². The zero-order valence-corrected chi connectivity index (χ0v) is 11.0. The molecule has 0 radical (unpaired) electrons. The normalized spacial score (nSPS) is 18.6. The van der Waals surface area contributed by atoms with E-state index in [4.69, 9.17) is 4.74 Å². The quantitative estimate of drug-likeness (QED) is 0.804. The molecule has 2 rings (SSSR count). The summed E-state index contributed by atoms with van der Waals surface area (Å²) >= 11 is 0. The monoisotopic (exact) mass is 234 g/mol. The Hall–Kier alpha value is -1.09. The first-order valence-electron chi connectivity index (χ1n) is 6.46. The maximum atomic E-state index is 5.96. The Bertz CT molecular complexity index is 357. The van der Waals surface area contributed by atoms with Crippen LogP contribution in [0.25, 0.3) is 0 Å². The predicted molar refractivity (Wildman–Crippen MR) is 69.5 cm³/mol. The maximum Gasteiger partial charge on any atom is 0.213 e. The van der Waals surface area contributed by atoms with Gasteiger partial charge >= 0.3 is 0 Å². The fraction of sp³-hybridized carbons (Fsp3) is 0.643. The lowest BCUT2D eigenvalue weighted by molar-refractivity contribution is 0.110. The number of nitrogens with zero attached hydrogens (tertiary/aromatic N) is 2. The van der Waals surface area contributed by atoms with E-state index in [1.165, 1.54) is 5.56 Å². The molecular formula is C14H22N2O. The van der Waals surface area contributed by atoms with E-state index in [2.05, 4.69) is 42.9 Å². The highest BCUT2D eigenvalue weighted by atomic mass is 16.5. The van der Waals surface area contributed by atoms with Gasteiger partial charge in [-0.15, -0.1) is 0 Å². The second kappa shape index (κ2) is 5.50. The molecule has 17 heavy (non-hydrogen) atoms. The largest absolute Gasteiger partial charge is 0.474 e. The van der Waals surface area contributed by atoms with Gasteiger partial charge in [-0.2, -0.15) is 0 Å². The van der Waals surface area contributed by atoms with Crippen LogP contribution in [0.4, 0.5) is 0 Å². The second-order valence-electron chi connectivity index (χ2n) is 5.20. The molecule has 0 aromatic carbocycles. The van der Waals surface area contributed by atoms with Gasteiger partial charge in [0.1, 0.15) is 6.10 Å². The third kappa shape index (κ3) is 3.43. The number of rotatable bonds is 3. The Kier molecular flexibility index (Phi) is 4.00. The summed E-state index contributed by atoms with van der Waals surface area (Å²) in [4.78, 5) is 6.64. The van der Waals surface area contributed by atoms with Crippen LogP contribution in [0.1, 0.15) is 38.2 Å². The Labute approximate surface area is 104 Å². The molecule has 0 bridgehead atoms. The number of likely N-dealkylation sites (tertiary alicyclic amines) is 1. The Balaban J connectivity index is 1.96. The average molecular weight is 234 g/mol. The van der Waals surface area contributed by atoms with Gasteiger partial charge in [0.2, 0.25) is 5.88 Å². The number of aromatic nitrogens is 1. The van der Waals surface area contributed by atoms with Crippen molar-refractivity contribution in [2.45, 2.75) is 38.7 Å². The van der Waals surface area contributed by atoms with Crippen LogP contribution in [0.15, 0.2) is 18.3 Å². The molecule has 1 fully saturated rings. The van der Waals surface area contributed by atoms with Crippen LogP contribution in [-0.2, 0) is 0 Å². The van der Waals surface area contributed by atoms with Crippen LogP contribution in [-0.4, -0.2) is 36.1 Å². The first-order chi connectivity index (χ1) is 8.15. The van der Waals surface area contributed by atoms with Crippen molar-refractivity contribution in [3.63, 3.8) is 0 Å². The highest BCUT2D eigenvalue weighted by molar-refractivity contribution is 5.23. The lowest BCUT2D eigenvalue weighted by Crippen LogP contribution is -2.35. The standard InChI is InChI=1S/C14H22N2O/c1-11(2)12-4-7-15-14(10-12)17-13-5-8-16(3)9-6-13/h4,7,10-11,13H,5-6,8-9H2,1-3H3. The van der Waals surface area contributed by atoms with Gasteiger partial charge in [0.25, 0.3) is 0 Å². The van der Waals surface area contributed by atoms with Crippen LogP contribution < -0.4 is 4.74 Å². The van der Waals surface area contributed by atoms with Crippen LogP contribution in [0.2, 0.25) is 0 Å². The number of ether oxygens (including phenoxy) is 1. The Morgan fingerprint density at radius 1 is 1.35 bits per heavy atom. The number of hydrogen-bond donors (Lipinski definition) is 0. The van der Waals surface area contributed by atoms with Crippen molar-refractivity contribution in [2.24, 2.45) is 0 Å². The summed E-state index contributed by atoms with van der Waals surface area (Å²) in [7, 11) is 2.16. The summed E-state index contributed by atoms with van der Waals surface area (Å²) in [5, 5.41) is 0. The molecule has 0 spiro atoms. The van der Waals surface area contributed by atoms with Crippen molar-refractivity contribution in [2.75, 3.05) is 20.1 Å². The molecule has 1 aliphatic heterocycles. The fourth-order valence-corrected chi connectivity index (χ4v) is 2.12. The zero-order valence-electron chi connectivity index (χ0n) is 11.0. The van der Waals surface area contributed by atoms with Crippen LogP contribution in [0.5, 0.6) is 5.88 Å². The molecule has 0 aliphatic carbocycles. The van der Waals surface area contributed by atoms with Crippen LogP contribution >= 0.6 is 0 Å². The first-order valence-corrected chi connectivity index (χ1v) is 6.46. The fourth-order valence-electron chi connectivity index (χ4n) is 2.12. The molecule has 0 unspecified atom stereocenters. The lowest BCUT2D eigenvalue weighted by Gasteiger charge is -2.29. The van der Waals surface area contributed by atoms with Crippen molar-refractivity contribution in [3.05, 3.63) is 23.9 Å². The first kappa shape index (κ1) is 12.4. The molecule has 0 atom stereocenters. The van der Waals surface area contributed by atoms with E-state index < -0.39 is 0 Å². The summed E-state index contributed by atoms with van der Waals surface area (Å²) in [6.45, 7) is 6.62. The predicted octanol–water partition coefficient (Wildman–Crippen LogP) is 2.68. The van der Waals surface area contributed by atoms with Gasteiger partial charge in [-0.05, 0) is 37.4 Å². The third-order valence-corrected chi connectivity index (χ3v) is 3.38. The maximum absolute atomic E-state index is 5.96. The summed E-state index contributed by atoms with van der Waals surface area (Å²) in [6, 6.07) is 4.13. The van der Waals surface area contributed by atoms with Crippen molar-refractivity contribution >= 4 is 0 Å². The molecule has 1 aromatic rings. The smallest absolute Gasteiger partial charge is 0.213 e. The average Bonchev–Trinajstić information content (AvgIpc) is 2.32. The number of hydrogen-bond acceptors (Lipinski definition) is 3. The van der Waals surface area contributed by atoms with E-state index in [9.17, 15) is 0 Å². The van der Waals surface area contributed by atoms with Gasteiger partial charge in [-0.25, -0.2) is 4.98 Å². The van der Waals surface area contributed by atoms with E-state index >= 15 is 0 Å². The highest BCUT2D eigenvalue weighted by Gasteiger charge is 2.18. The number of piperidine rings is 1. The van der Waals surface area contributed by atoms with Crippen molar-refractivity contribution < 1.29 is 4.74 Å². The minimum absolute atomic E-state index is 0.334. The molecule has 0 saturated carbocycles. The van der Waals surface area contributed by atoms with E-state index in [1.54, 1.807) is 0 Å². The van der Waals surface area contributed by atoms with E-state index in [-0.39, 0.29) is 0 Å². The third-order valence-electron chi connectivity index (χ3n) is 3.38. The minimum atomic E-state index is 0.334. The van der Waals surface area contributed by atoms with Gasteiger partial charge in [0, 0.05) is 25.4 Å². The van der Waals surface area contributed by atoms with Gasteiger partial charge in [-0.1, -0.05) is 13.8 Å². The summed E-state index contributed by atoms with van der Waals surface area (Å²) in [5.41, 5.74) is 1.29. The van der Waals surface area contributed by atoms with E-state index in [0.717, 1.165) is 31.8 Å². The van der Waals surface area contributed by atoms with Gasteiger partial charge < -0.3 is 9.64 Å². The summed E-state index contributed by atoms with van der Waals surface area (Å²) in [5.74, 6) is 1.31. The van der Waals surface area contributed by atoms with Crippen molar-refractivity contribution in [1.82, 2.24) is 9.88 Å². The molecule has 1 saturated heterocycles. The highest BCUT2D eigenvalue weighted by Crippen LogP contribution is 2.21. The van der Waals surface area contributed by atoms with Crippen LogP contribution in [0, 0.1) is 0 Å². The Morgan fingerprint density at radius 2 is 2.06 bits per heavy atom. The summed E-state index contributed by atoms with van der Waals surface area (Å²) < 4.78 is 5.96. The zero-order chi connectivity index (χ0) is 12.3. The molecular weight excluding hydrogens is 212 g/mol. The minimum Gasteiger partial charge on any atom is -0.474 e. The number of pyridine rings is 1. The molecule has 3 heteroatoms. The molecule has 94 valence electrons. The molecule has 1 aromatic heterocycles. The molecule has 2 heterocycles. The Morgan fingerprint density at radius 3 is 2.71 bits per heavy atom. The van der Waals surface area contributed by atoms with Gasteiger partial charge in [0.15, 0.2) is 0 Å². The van der Waals surface area contributed by atoms with Crippen molar-refractivity contribution in [3.8, 4) is 5.88 Å². The van der Waals surface area contributed by atoms with Gasteiger partial charge in [-0.3, -0.25) is 0 Å². The van der Waals surface area contributed by atoms with E-state index in [0.29, 0.717) is 12.0 Å². The molecule has 0 amide bonds. The van der Waals surface area contributed by atoms with Crippen LogP contribution in [0.3, 0.4) is 0 Å². The molecule has 3 nitrogen and oxygen atoms in total. The molecule has 0 N–H and O–H groups in total. The molecule has 1 aliphatic rings. The van der Waals surface area contributed by atoms with Crippen molar-refractivity contribution in [1.29, 1.82) is 0 Å². The SMILES string of the molecule is CC(C)c1ccnc(OC2CCN(C)CC2)c1. The second-order valence-corrected chi connectivity index (χ2v) is 5.20. The lowest BCUT2D eigenvalue weighted by atomic mass is 10.1. The van der Waals surface area contributed by atoms with E-state index in [1.807, 2.05) is 6.20 Å².